The highest BCUT2D eigenvalue weighted by atomic mass is 16.5. The second-order valence-corrected chi connectivity index (χ2v) is 6.04. The third-order valence-electron chi connectivity index (χ3n) is 4.65. The Morgan fingerprint density at radius 3 is 2.50 bits per heavy atom. The number of methoxy groups -OCH3 is 1. The number of hydrogen-bond acceptors (Lipinski definition) is 4. The van der Waals surface area contributed by atoms with Crippen molar-refractivity contribution in [3.8, 4) is 28.3 Å². The van der Waals surface area contributed by atoms with Crippen molar-refractivity contribution >= 4 is 0 Å². The maximum atomic E-state index is 6.19. The van der Waals surface area contributed by atoms with Gasteiger partial charge in [-0.3, -0.25) is 0 Å². The maximum Gasteiger partial charge on any atom is 0.232 e. The van der Waals surface area contributed by atoms with Crippen LogP contribution in [0.2, 0.25) is 0 Å². The van der Waals surface area contributed by atoms with Crippen LogP contribution in [0.3, 0.4) is 0 Å². The van der Waals surface area contributed by atoms with Gasteiger partial charge in [0.2, 0.25) is 5.88 Å². The fourth-order valence-corrected chi connectivity index (χ4v) is 3.35. The van der Waals surface area contributed by atoms with Gasteiger partial charge in [0.25, 0.3) is 0 Å². The van der Waals surface area contributed by atoms with E-state index in [0.717, 1.165) is 24.1 Å². The molecule has 0 amide bonds. The third-order valence-corrected chi connectivity index (χ3v) is 4.65. The molecule has 0 bridgehead atoms. The van der Waals surface area contributed by atoms with Gasteiger partial charge in [-0.25, -0.2) is 9.97 Å². The third kappa shape index (κ3) is 2.55. The monoisotopic (exact) mass is 317 g/mol. The van der Waals surface area contributed by atoms with E-state index in [1.165, 1.54) is 22.3 Å². The first-order valence-electron chi connectivity index (χ1n) is 8.10. The summed E-state index contributed by atoms with van der Waals surface area (Å²) in [6, 6.07) is 15.1. The van der Waals surface area contributed by atoms with E-state index < -0.39 is 0 Å². The van der Waals surface area contributed by atoms with Crippen molar-refractivity contribution in [3.05, 3.63) is 66.0 Å². The van der Waals surface area contributed by atoms with Gasteiger partial charge < -0.3 is 10.5 Å². The highest BCUT2D eigenvalue weighted by Crippen LogP contribution is 2.36. The van der Waals surface area contributed by atoms with Gasteiger partial charge in [-0.15, -0.1) is 0 Å². The highest BCUT2D eigenvalue weighted by Gasteiger charge is 2.21. The quantitative estimate of drug-likeness (QED) is 0.799. The number of ether oxygens (including phenoxy) is 1. The maximum absolute atomic E-state index is 6.19. The van der Waals surface area contributed by atoms with Crippen molar-refractivity contribution < 1.29 is 4.74 Å². The van der Waals surface area contributed by atoms with Crippen LogP contribution in [0, 0.1) is 0 Å². The zero-order valence-corrected chi connectivity index (χ0v) is 13.6. The Morgan fingerprint density at radius 2 is 1.79 bits per heavy atom. The molecule has 4 heteroatoms. The molecule has 0 spiro atoms. The lowest BCUT2D eigenvalue weighted by Gasteiger charge is -2.11. The number of aromatic nitrogens is 2. The summed E-state index contributed by atoms with van der Waals surface area (Å²) in [6.45, 7) is 0. The molecule has 1 atom stereocenters. The molecule has 4 rings (SSSR count). The van der Waals surface area contributed by atoms with Crippen molar-refractivity contribution in [1.29, 1.82) is 0 Å². The summed E-state index contributed by atoms with van der Waals surface area (Å²) >= 11 is 0. The van der Waals surface area contributed by atoms with E-state index in [1.807, 2.05) is 0 Å². The Bertz CT molecular complexity index is 857. The second kappa shape index (κ2) is 6.06. The van der Waals surface area contributed by atoms with Crippen LogP contribution in [-0.4, -0.2) is 17.1 Å². The molecular formula is C20H19N3O. The lowest BCUT2D eigenvalue weighted by atomic mass is 9.95. The summed E-state index contributed by atoms with van der Waals surface area (Å²) in [6.07, 6.45) is 5.45. The number of nitrogens with two attached hydrogens (primary N) is 1. The number of benzene rings is 2. The van der Waals surface area contributed by atoms with Gasteiger partial charge in [0, 0.05) is 11.6 Å². The molecule has 1 heterocycles. The summed E-state index contributed by atoms with van der Waals surface area (Å²) in [5.74, 6) is 0.520. The van der Waals surface area contributed by atoms with E-state index in [1.54, 1.807) is 19.5 Å². The first-order valence-corrected chi connectivity index (χ1v) is 8.10. The standard InChI is InChI=1S/C20H19N3O/c1-24-20-12-22-19(11-23-20)14-7-5-13(6-8-14)15-3-2-4-17-16(15)9-10-18(17)21/h2-8,11-12,18H,9-10,21H2,1H3/t18-/m1/s1. The molecule has 0 radical (unpaired) electrons. The van der Waals surface area contributed by atoms with Gasteiger partial charge in [0.05, 0.1) is 25.2 Å². The molecule has 0 aliphatic heterocycles. The van der Waals surface area contributed by atoms with Crippen molar-refractivity contribution in [2.75, 3.05) is 7.11 Å². The number of hydrogen-bond donors (Lipinski definition) is 1. The minimum absolute atomic E-state index is 0.175. The van der Waals surface area contributed by atoms with Crippen LogP contribution in [0.1, 0.15) is 23.6 Å². The Morgan fingerprint density at radius 1 is 1.00 bits per heavy atom. The fraction of sp³-hybridized carbons (Fsp3) is 0.200. The Balaban J connectivity index is 1.67. The van der Waals surface area contributed by atoms with E-state index >= 15 is 0 Å². The normalized spacial score (nSPS) is 16.0. The molecular weight excluding hydrogens is 298 g/mol. The Kier molecular flexibility index (Phi) is 3.75. The summed E-state index contributed by atoms with van der Waals surface area (Å²) in [4.78, 5) is 8.60. The molecule has 24 heavy (non-hydrogen) atoms. The number of nitrogens with zero attached hydrogens (tertiary/aromatic N) is 2. The van der Waals surface area contributed by atoms with Crippen molar-refractivity contribution in [2.45, 2.75) is 18.9 Å². The van der Waals surface area contributed by atoms with Crippen molar-refractivity contribution in [2.24, 2.45) is 5.73 Å². The second-order valence-electron chi connectivity index (χ2n) is 6.04. The minimum Gasteiger partial charge on any atom is -0.480 e. The van der Waals surface area contributed by atoms with Crippen LogP contribution in [0.4, 0.5) is 0 Å². The summed E-state index contributed by atoms with van der Waals surface area (Å²) in [5, 5.41) is 0. The average Bonchev–Trinajstić information content (AvgIpc) is 3.03. The van der Waals surface area contributed by atoms with Gasteiger partial charge in [0.1, 0.15) is 0 Å². The molecule has 1 aromatic heterocycles. The largest absolute Gasteiger partial charge is 0.480 e. The zero-order valence-electron chi connectivity index (χ0n) is 13.6. The summed E-state index contributed by atoms with van der Waals surface area (Å²) < 4.78 is 5.05. The minimum atomic E-state index is 0.175. The van der Waals surface area contributed by atoms with E-state index in [2.05, 4.69) is 52.4 Å². The molecule has 3 aromatic rings. The predicted octanol–water partition coefficient (Wildman–Crippen LogP) is 3.77. The van der Waals surface area contributed by atoms with E-state index in [-0.39, 0.29) is 6.04 Å². The molecule has 4 nitrogen and oxygen atoms in total. The van der Waals surface area contributed by atoms with E-state index in [0.29, 0.717) is 5.88 Å². The smallest absolute Gasteiger partial charge is 0.232 e. The Labute approximate surface area is 141 Å². The van der Waals surface area contributed by atoms with Crippen molar-refractivity contribution in [1.82, 2.24) is 9.97 Å². The summed E-state index contributed by atoms with van der Waals surface area (Å²) in [5.41, 5.74) is 13.2. The van der Waals surface area contributed by atoms with Gasteiger partial charge in [-0.05, 0) is 35.1 Å². The first kappa shape index (κ1) is 14.8. The molecule has 0 fully saturated rings. The van der Waals surface area contributed by atoms with Crippen LogP contribution in [0.15, 0.2) is 54.9 Å². The molecule has 1 aliphatic carbocycles. The molecule has 120 valence electrons. The SMILES string of the molecule is COc1cnc(-c2ccc(-c3cccc4c3CC[C@H]4N)cc2)cn1. The lowest BCUT2D eigenvalue weighted by molar-refractivity contribution is 0.396. The van der Waals surface area contributed by atoms with Gasteiger partial charge in [0.15, 0.2) is 0 Å². The van der Waals surface area contributed by atoms with Crippen LogP contribution < -0.4 is 10.5 Å². The van der Waals surface area contributed by atoms with Gasteiger partial charge >= 0.3 is 0 Å². The number of rotatable bonds is 3. The average molecular weight is 317 g/mol. The van der Waals surface area contributed by atoms with E-state index in [4.69, 9.17) is 10.5 Å². The van der Waals surface area contributed by atoms with Crippen molar-refractivity contribution in [3.63, 3.8) is 0 Å². The summed E-state index contributed by atoms with van der Waals surface area (Å²) in [7, 11) is 1.59. The van der Waals surface area contributed by atoms with Crippen LogP contribution in [0.5, 0.6) is 5.88 Å². The molecule has 2 N–H and O–H groups in total. The topological polar surface area (TPSA) is 61.0 Å². The molecule has 0 saturated heterocycles. The fourth-order valence-electron chi connectivity index (χ4n) is 3.35. The lowest BCUT2D eigenvalue weighted by Crippen LogP contribution is -2.04. The highest BCUT2D eigenvalue weighted by molar-refractivity contribution is 5.72. The molecule has 0 saturated carbocycles. The van der Waals surface area contributed by atoms with Gasteiger partial charge in [-0.2, -0.15) is 0 Å². The first-order chi connectivity index (χ1) is 11.8. The molecule has 0 unspecified atom stereocenters. The Hall–Kier alpha value is -2.72. The van der Waals surface area contributed by atoms with Crippen LogP contribution in [-0.2, 0) is 6.42 Å². The molecule has 2 aromatic carbocycles. The number of fused-ring (bicyclic) bond motifs is 1. The van der Waals surface area contributed by atoms with E-state index in [9.17, 15) is 0 Å². The van der Waals surface area contributed by atoms with Gasteiger partial charge in [-0.1, -0.05) is 42.5 Å². The van der Waals surface area contributed by atoms with Crippen LogP contribution in [0.25, 0.3) is 22.4 Å². The molecule has 1 aliphatic rings. The van der Waals surface area contributed by atoms with Crippen LogP contribution >= 0.6 is 0 Å². The predicted molar refractivity (Wildman–Crippen MR) is 94.7 cm³/mol. The zero-order chi connectivity index (χ0) is 16.5.